The molecule has 0 radical (unpaired) electrons. The molecule has 2 aromatic rings. The van der Waals surface area contributed by atoms with E-state index in [4.69, 9.17) is 0 Å². The summed E-state index contributed by atoms with van der Waals surface area (Å²) in [5, 5.41) is 0. The summed E-state index contributed by atoms with van der Waals surface area (Å²) in [6.45, 7) is 4.85. The molecule has 2 aliphatic carbocycles. The molecular formula is C21H21Cl2Ti. The van der Waals surface area contributed by atoms with Crippen LogP contribution in [0.25, 0.3) is 11.1 Å². The van der Waals surface area contributed by atoms with Gasteiger partial charge in [0.1, 0.15) is 0 Å². The van der Waals surface area contributed by atoms with Crippen molar-refractivity contribution >= 4 is 3.87 Å². The summed E-state index contributed by atoms with van der Waals surface area (Å²) in [4.78, 5) is 0. The van der Waals surface area contributed by atoms with Crippen LogP contribution in [0.2, 0.25) is 8.45 Å². The second-order valence-electron chi connectivity index (χ2n) is 6.57. The van der Waals surface area contributed by atoms with Crippen LogP contribution in [0.5, 0.6) is 0 Å². The van der Waals surface area contributed by atoms with Crippen molar-refractivity contribution in [3.05, 3.63) is 77.9 Å². The Labute approximate surface area is 163 Å². The number of rotatable bonds is 3. The molecule has 0 unspecified atom stereocenters. The van der Waals surface area contributed by atoms with E-state index < -0.39 is 17.9 Å². The molecule has 2 aliphatic rings. The summed E-state index contributed by atoms with van der Waals surface area (Å²) in [5.74, 6) is 0. The molecule has 0 N–H and O–H groups in total. The van der Waals surface area contributed by atoms with Crippen molar-refractivity contribution in [2.24, 2.45) is 0 Å². The fourth-order valence-corrected chi connectivity index (χ4v) is 9.01. The van der Waals surface area contributed by atoms with E-state index in [2.05, 4.69) is 80.6 Å². The SMILES string of the molecule is C[CH](C)[Ti+2]([c]1cccc2c1Cc1ccccc1-2)[CH]1C=CC=C1.[Cl-].[Cl-]. The molecule has 0 atom stereocenters. The van der Waals surface area contributed by atoms with Crippen LogP contribution in [-0.4, -0.2) is 0 Å². The van der Waals surface area contributed by atoms with Gasteiger partial charge < -0.3 is 24.8 Å². The molecule has 0 saturated carbocycles. The molecule has 4 rings (SSSR count). The molecule has 0 saturated heterocycles. The van der Waals surface area contributed by atoms with Gasteiger partial charge in [0, 0.05) is 0 Å². The third kappa shape index (κ3) is 3.30. The summed E-state index contributed by atoms with van der Waals surface area (Å²) >= 11 is -1.39. The van der Waals surface area contributed by atoms with Crippen LogP contribution < -0.4 is 28.7 Å². The molecule has 0 aliphatic heterocycles. The molecule has 2 aromatic carbocycles. The maximum absolute atomic E-state index is 2.43. The Bertz CT molecular complexity index is 765. The third-order valence-electron chi connectivity index (χ3n) is 4.89. The first-order valence-corrected chi connectivity index (χ1v) is 10.8. The van der Waals surface area contributed by atoms with Crippen LogP contribution in [0.15, 0.2) is 66.8 Å². The molecule has 0 nitrogen and oxygen atoms in total. The van der Waals surface area contributed by atoms with Crippen LogP contribution in [0.3, 0.4) is 0 Å². The molecule has 24 heavy (non-hydrogen) atoms. The van der Waals surface area contributed by atoms with Crippen LogP contribution in [0.1, 0.15) is 25.0 Å². The zero-order chi connectivity index (χ0) is 15.1. The Morgan fingerprint density at radius 3 is 2.25 bits per heavy atom. The largest absolute Gasteiger partial charge is 1.00 e. The van der Waals surface area contributed by atoms with Gasteiger partial charge in [-0.1, -0.05) is 0 Å². The van der Waals surface area contributed by atoms with Crippen molar-refractivity contribution in [2.45, 2.75) is 28.7 Å². The van der Waals surface area contributed by atoms with E-state index in [9.17, 15) is 0 Å². The summed E-state index contributed by atoms with van der Waals surface area (Å²) in [6.07, 6.45) is 10.5. The van der Waals surface area contributed by atoms with Crippen molar-refractivity contribution < 1.29 is 42.7 Å². The predicted molar refractivity (Wildman–Crippen MR) is 91.4 cm³/mol. The zero-order valence-electron chi connectivity index (χ0n) is 14.0. The van der Waals surface area contributed by atoms with Crippen molar-refractivity contribution in [1.29, 1.82) is 0 Å². The van der Waals surface area contributed by atoms with Crippen LogP contribution in [-0.2, 0) is 24.3 Å². The van der Waals surface area contributed by atoms with Gasteiger partial charge in [-0.05, 0) is 0 Å². The fourth-order valence-electron chi connectivity index (χ4n) is 3.94. The van der Waals surface area contributed by atoms with Gasteiger partial charge in [0.25, 0.3) is 0 Å². The second kappa shape index (κ2) is 8.06. The number of benzene rings is 2. The molecule has 0 heterocycles. The van der Waals surface area contributed by atoms with Gasteiger partial charge in [0.15, 0.2) is 0 Å². The normalized spacial score (nSPS) is 14.1. The summed E-state index contributed by atoms with van der Waals surface area (Å²) in [7, 11) is 0. The first-order valence-electron chi connectivity index (χ1n) is 8.18. The maximum Gasteiger partial charge on any atom is -1.00 e. The van der Waals surface area contributed by atoms with Gasteiger partial charge in [-0.25, -0.2) is 0 Å². The number of hydrogen-bond acceptors (Lipinski definition) is 0. The molecule has 0 fully saturated rings. The van der Waals surface area contributed by atoms with Crippen molar-refractivity contribution in [3.8, 4) is 11.1 Å². The van der Waals surface area contributed by atoms with Gasteiger partial charge in [-0.15, -0.1) is 0 Å². The molecule has 0 aromatic heterocycles. The zero-order valence-corrected chi connectivity index (χ0v) is 17.0. The number of hydrogen-bond donors (Lipinski definition) is 0. The Morgan fingerprint density at radius 2 is 1.54 bits per heavy atom. The Hall–Kier alpha value is -0.786. The summed E-state index contributed by atoms with van der Waals surface area (Å²) in [5.41, 5.74) is 6.08. The average Bonchev–Trinajstić information content (AvgIpc) is 3.15. The van der Waals surface area contributed by atoms with Gasteiger partial charge in [-0.2, -0.15) is 0 Å². The molecular weight excluding hydrogens is 371 g/mol. The third-order valence-corrected chi connectivity index (χ3v) is 10.3. The van der Waals surface area contributed by atoms with E-state index in [0.29, 0.717) is 4.22 Å². The molecule has 3 heteroatoms. The van der Waals surface area contributed by atoms with Crippen LogP contribution in [0, 0.1) is 0 Å². The topological polar surface area (TPSA) is 0 Å². The predicted octanol–water partition coefficient (Wildman–Crippen LogP) is -0.748. The van der Waals surface area contributed by atoms with E-state index in [1.165, 1.54) is 16.7 Å². The van der Waals surface area contributed by atoms with Gasteiger partial charge in [0.05, 0.1) is 0 Å². The van der Waals surface area contributed by atoms with E-state index in [1.54, 1.807) is 9.43 Å². The first-order chi connectivity index (χ1) is 10.8. The van der Waals surface area contributed by atoms with E-state index in [1.807, 2.05) is 0 Å². The quantitative estimate of drug-likeness (QED) is 0.515. The second-order valence-corrected chi connectivity index (χ2v) is 11.7. The monoisotopic (exact) mass is 391 g/mol. The van der Waals surface area contributed by atoms with E-state index >= 15 is 0 Å². The van der Waals surface area contributed by atoms with Crippen LogP contribution in [0.4, 0.5) is 0 Å². The van der Waals surface area contributed by atoms with Crippen molar-refractivity contribution in [3.63, 3.8) is 0 Å². The Kier molecular flexibility index (Phi) is 6.56. The Morgan fingerprint density at radius 1 is 0.875 bits per heavy atom. The van der Waals surface area contributed by atoms with Gasteiger partial charge in [0.2, 0.25) is 0 Å². The molecule has 123 valence electrons. The minimum Gasteiger partial charge on any atom is -1.00 e. The molecule has 0 bridgehead atoms. The van der Waals surface area contributed by atoms with E-state index in [0.717, 1.165) is 10.6 Å². The smallest absolute Gasteiger partial charge is 1.00 e. The number of allylic oxidation sites excluding steroid dienone is 4. The Balaban J connectivity index is 0.00000104. The fraction of sp³-hybridized carbons (Fsp3) is 0.238. The summed E-state index contributed by atoms with van der Waals surface area (Å²) < 4.78 is 3.22. The van der Waals surface area contributed by atoms with Crippen LogP contribution >= 0.6 is 0 Å². The van der Waals surface area contributed by atoms with Crippen molar-refractivity contribution in [1.82, 2.24) is 0 Å². The average molecular weight is 392 g/mol. The summed E-state index contributed by atoms with van der Waals surface area (Å²) in [6, 6.07) is 16.0. The number of fused-ring (bicyclic) bond motifs is 3. The molecule has 0 amide bonds. The van der Waals surface area contributed by atoms with Gasteiger partial charge in [-0.3, -0.25) is 0 Å². The van der Waals surface area contributed by atoms with E-state index in [-0.39, 0.29) is 24.8 Å². The number of halogens is 2. The molecule has 0 spiro atoms. The first kappa shape index (κ1) is 19.5. The van der Waals surface area contributed by atoms with Crippen molar-refractivity contribution in [2.75, 3.05) is 0 Å². The minimum atomic E-state index is -1.39. The van der Waals surface area contributed by atoms with Gasteiger partial charge >= 0.3 is 139 Å². The standard InChI is InChI=1S/C13H9.C5H5.C3H7.2ClH.Ti/c1-3-7-12-10(5-1)9-11-6-2-4-8-13(11)12;1-2-4-5-3-1;1-3-2;;;/h1-5,7-8H,9H2;1-5H;3H,1-2H3;2*1H;/q;;;;;+2/p-2. The minimum absolute atomic E-state index is 0. The maximum atomic E-state index is 2.43.